The monoisotopic (exact) mass is 237 g/mol. The molecule has 0 bridgehead atoms. The fourth-order valence-corrected chi connectivity index (χ4v) is 1.84. The highest BCUT2D eigenvalue weighted by Crippen LogP contribution is 2.16. The van der Waals surface area contributed by atoms with Crippen molar-refractivity contribution >= 4 is 23.5 Å². The van der Waals surface area contributed by atoms with Crippen LogP contribution in [0.25, 0.3) is 0 Å². The Kier molecular flexibility index (Phi) is 3.10. The van der Waals surface area contributed by atoms with Crippen LogP contribution in [-0.4, -0.2) is 36.9 Å². The van der Waals surface area contributed by atoms with E-state index in [0.29, 0.717) is 23.9 Å². The van der Waals surface area contributed by atoms with Crippen LogP contribution in [0.4, 0.5) is 4.79 Å². The molecule has 0 aliphatic carbocycles. The highest BCUT2D eigenvalue weighted by Gasteiger charge is 2.23. The van der Waals surface area contributed by atoms with E-state index in [1.54, 1.807) is 18.0 Å². The van der Waals surface area contributed by atoms with Crippen LogP contribution in [-0.2, 0) is 0 Å². The number of halogens is 1. The van der Waals surface area contributed by atoms with Gasteiger partial charge in [0.1, 0.15) is 5.84 Å². The summed E-state index contributed by atoms with van der Waals surface area (Å²) in [7, 11) is 1.61. The quantitative estimate of drug-likeness (QED) is 0.795. The van der Waals surface area contributed by atoms with E-state index in [4.69, 9.17) is 11.6 Å². The predicted octanol–water partition coefficient (Wildman–Crippen LogP) is 1.74. The molecule has 2 amide bonds. The molecule has 1 aliphatic heterocycles. The van der Waals surface area contributed by atoms with Crippen molar-refractivity contribution in [2.24, 2.45) is 4.99 Å². The highest BCUT2D eigenvalue weighted by molar-refractivity contribution is 6.31. The van der Waals surface area contributed by atoms with E-state index in [0.717, 1.165) is 5.56 Å². The Balaban J connectivity index is 2.30. The summed E-state index contributed by atoms with van der Waals surface area (Å²) in [5.74, 6) is 0.682. The minimum atomic E-state index is -0.142. The minimum Gasteiger partial charge on any atom is -0.341 e. The number of aliphatic imine (C=N–C) groups is 1. The Morgan fingerprint density at radius 1 is 1.56 bits per heavy atom. The SMILES string of the molecule is CNC(=O)N1CCN=C1c1cccc(Cl)c1. The second kappa shape index (κ2) is 4.53. The molecule has 0 radical (unpaired) electrons. The average Bonchev–Trinajstić information content (AvgIpc) is 2.77. The van der Waals surface area contributed by atoms with Crippen LogP contribution in [0.5, 0.6) is 0 Å². The number of rotatable bonds is 1. The van der Waals surface area contributed by atoms with Crippen LogP contribution >= 0.6 is 11.6 Å². The molecule has 1 N–H and O–H groups in total. The fourth-order valence-electron chi connectivity index (χ4n) is 1.65. The number of urea groups is 1. The molecular formula is C11H12ClN3O. The molecule has 4 nitrogen and oxygen atoms in total. The molecule has 0 unspecified atom stereocenters. The summed E-state index contributed by atoms with van der Waals surface area (Å²) in [4.78, 5) is 17.5. The maximum Gasteiger partial charge on any atom is 0.322 e. The second-order valence-corrected chi connectivity index (χ2v) is 3.86. The van der Waals surface area contributed by atoms with Crippen molar-refractivity contribution in [2.75, 3.05) is 20.1 Å². The van der Waals surface area contributed by atoms with Crippen molar-refractivity contribution in [3.05, 3.63) is 34.9 Å². The lowest BCUT2D eigenvalue weighted by Crippen LogP contribution is -2.40. The number of amidine groups is 1. The summed E-state index contributed by atoms with van der Waals surface area (Å²) in [6, 6.07) is 7.20. The molecule has 1 aromatic rings. The van der Waals surface area contributed by atoms with Gasteiger partial charge in [0.2, 0.25) is 0 Å². The Morgan fingerprint density at radius 2 is 2.38 bits per heavy atom. The van der Waals surface area contributed by atoms with Crippen molar-refractivity contribution in [3.63, 3.8) is 0 Å². The topological polar surface area (TPSA) is 44.7 Å². The van der Waals surface area contributed by atoms with Crippen molar-refractivity contribution in [3.8, 4) is 0 Å². The van der Waals surface area contributed by atoms with Gasteiger partial charge in [-0.15, -0.1) is 0 Å². The molecule has 84 valence electrons. The maximum atomic E-state index is 11.6. The first-order valence-electron chi connectivity index (χ1n) is 5.02. The molecule has 0 saturated carbocycles. The van der Waals surface area contributed by atoms with Crippen LogP contribution in [0.2, 0.25) is 5.02 Å². The van der Waals surface area contributed by atoms with Gasteiger partial charge in [-0.3, -0.25) is 9.89 Å². The van der Waals surface area contributed by atoms with Gasteiger partial charge in [0.25, 0.3) is 0 Å². The van der Waals surface area contributed by atoms with Crippen LogP contribution in [0.15, 0.2) is 29.3 Å². The number of carbonyl (C=O) groups is 1. The van der Waals surface area contributed by atoms with E-state index >= 15 is 0 Å². The van der Waals surface area contributed by atoms with Gasteiger partial charge in [-0.05, 0) is 12.1 Å². The van der Waals surface area contributed by atoms with Crippen LogP contribution < -0.4 is 5.32 Å². The molecule has 5 heteroatoms. The van der Waals surface area contributed by atoms with E-state index in [1.165, 1.54) is 0 Å². The van der Waals surface area contributed by atoms with E-state index in [-0.39, 0.29) is 6.03 Å². The smallest absolute Gasteiger partial charge is 0.322 e. The van der Waals surface area contributed by atoms with Gasteiger partial charge < -0.3 is 5.32 Å². The number of benzene rings is 1. The normalized spacial score (nSPS) is 14.9. The molecule has 1 aliphatic rings. The first kappa shape index (κ1) is 11.0. The molecule has 0 saturated heterocycles. The molecule has 0 atom stereocenters. The Hall–Kier alpha value is -1.55. The summed E-state index contributed by atoms with van der Waals surface area (Å²) in [5.41, 5.74) is 0.869. The van der Waals surface area contributed by atoms with E-state index < -0.39 is 0 Å². The van der Waals surface area contributed by atoms with E-state index in [2.05, 4.69) is 10.3 Å². The fraction of sp³-hybridized carbons (Fsp3) is 0.273. The molecule has 16 heavy (non-hydrogen) atoms. The van der Waals surface area contributed by atoms with Gasteiger partial charge in [-0.2, -0.15) is 0 Å². The second-order valence-electron chi connectivity index (χ2n) is 3.42. The molecule has 2 rings (SSSR count). The standard InChI is InChI=1S/C11H12ClN3O/c1-13-11(16)15-6-5-14-10(15)8-3-2-4-9(12)7-8/h2-4,7H,5-6H2,1H3,(H,13,16). The Bertz CT molecular complexity index is 445. The third-order valence-electron chi connectivity index (χ3n) is 2.38. The lowest BCUT2D eigenvalue weighted by molar-refractivity contribution is 0.226. The largest absolute Gasteiger partial charge is 0.341 e. The van der Waals surface area contributed by atoms with Gasteiger partial charge in [0.15, 0.2) is 0 Å². The summed E-state index contributed by atoms with van der Waals surface area (Å²) in [5, 5.41) is 3.24. The zero-order valence-corrected chi connectivity index (χ0v) is 9.66. The van der Waals surface area contributed by atoms with Gasteiger partial charge in [-0.1, -0.05) is 23.7 Å². The number of amides is 2. The summed E-state index contributed by atoms with van der Waals surface area (Å²) < 4.78 is 0. The van der Waals surface area contributed by atoms with Gasteiger partial charge in [0, 0.05) is 24.2 Å². The van der Waals surface area contributed by atoms with E-state index in [9.17, 15) is 4.79 Å². The average molecular weight is 238 g/mol. The van der Waals surface area contributed by atoms with Crippen molar-refractivity contribution in [1.29, 1.82) is 0 Å². The van der Waals surface area contributed by atoms with Gasteiger partial charge in [0.05, 0.1) is 6.54 Å². The number of carbonyl (C=O) groups excluding carboxylic acids is 1. The minimum absolute atomic E-state index is 0.142. The van der Waals surface area contributed by atoms with Crippen LogP contribution in [0.1, 0.15) is 5.56 Å². The summed E-state index contributed by atoms with van der Waals surface area (Å²) in [6.45, 7) is 1.25. The zero-order valence-electron chi connectivity index (χ0n) is 8.90. The molecule has 1 aromatic carbocycles. The number of nitrogens with one attached hydrogen (secondary N) is 1. The third kappa shape index (κ3) is 2.02. The molecule has 0 spiro atoms. The number of hydrogen-bond acceptors (Lipinski definition) is 2. The predicted molar refractivity (Wildman–Crippen MR) is 64.0 cm³/mol. The lowest BCUT2D eigenvalue weighted by atomic mass is 10.2. The van der Waals surface area contributed by atoms with Gasteiger partial charge in [-0.25, -0.2) is 4.79 Å². The Morgan fingerprint density at radius 3 is 3.06 bits per heavy atom. The Labute approximate surface area is 98.9 Å². The molecular weight excluding hydrogens is 226 g/mol. The van der Waals surface area contributed by atoms with Crippen molar-refractivity contribution in [2.45, 2.75) is 0 Å². The molecule has 0 aromatic heterocycles. The van der Waals surface area contributed by atoms with Crippen molar-refractivity contribution < 1.29 is 4.79 Å². The maximum absolute atomic E-state index is 11.6. The van der Waals surface area contributed by atoms with Crippen LogP contribution in [0.3, 0.4) is 0 Å². The highest BCUT2D eigenvalue weighted by atomic mass is 35.5. The first-order chi connectivity index (χ1) is 7.72. The summed E-state index contributed by atoms with van der Waals surface area (Å²) in [6.07, 6.45) is 0. The lowest BCUT2D eigenvalue weighted by Gasteiger charge is -2.17. The van der Waals surface area contributed by atoms with Crippen LogP contribution in [0, 0.1) is 0 Å². The number of hydrogen-bond donors (Lipinski definition) is 1. The number of nitrogens with zero attached hydrogens (tertiary/aromatic N) is 2. The molecule has 1 heterocycles. The van der Waals surface area contributed by atoms with E-state index in [1.807, 2.05) is 18.2 Å². The van der Waals surface area contributed by atoms with Gasteiger partial charge >= 0.3 is 6.03 Å². The third-order valence-corrected chi connectivity index (χ3v) is 2.62. The first-order valence-corrected chi connectivity index (χ1v) is 5.40. The zero-order chi connectivity index (χ0) is 11.5. The summed E-state index contributed by atoms with van der Waals surface area (Å²) >= 11 is 5.91. The van der Waals surface area contributed by atoms with Crippen molar-refractivity contribution in [1.82, 2.24) is 10.2 Å². The molecule has 0 fully saturated rings.